The molecule has 0 aromatic heterocycles. The average molecular weight is 290 g/mol. The maximum atomic E-state index is 6.15. The van der Waals surface area contributed by atoms with Crippen molar-refractivity contribution in [3.8, 4) is 0 Å². The Hall–Kier alpha value is -0.900. The molecule has 0 saturated heterocycles. The van der Waals surface area contributed by atoms with Crippen LogP contribution in [0.2, 0.25) is 0 Å². The van der Waals surface area contributed by atoms with Crippen LogP contribution in [0.15, 0.2) is 30.3 Å². The predicted octanol–water partition coefficient (Wildman–Crippen LogP) is 2.70. The highest BCUT2D eigenvalue weighted by atomic mass is 16.5. The van der Waals surface area contributed by atoms with E-state index in [2.05, 4.69) is 49.2 Å². The van der Waals surface area contributed by atoms with Gasteiger partial charge in [0, 0.05) is 25.2 Å². The fourth-order valence-electron chi connectivity index (χ4n) is 2.85. The fraction of sp³-hybridized carbons (Fsp3) is 0.667. The highest BCUT2D eigenvalue weighted by Gasteiger charge is 2.31. The van der Waals surface area contributed by atoms with E-state index in [-0.39, 0.29) is 5.54 Å². The molecule has 0 amide bonds. The zero-order valence-electron chi connectivity index (χ0n) is 13.6. The van der Waals surface area contributed by atoms with E-state index in [9.17, 15) is 0 Å². The summed E-state index contributed by atoms with van der Waals surface area (Å²) >= 11 is 0. The van der Waals surface area contributed by atoms with Gasteiger partial charge in [0.2, 0.25) is 0 Å². The lowest BCUT2D eigenvalue weighted by molar-refractivity contribution is 0.0566. The summed E-state index contributed by atoms with van der Waals surface area (Å²) in [4.78, 5) is 2.40. The normalized spacial score (nSPS) is 17.9. The van der Waals surface area contributed by atoms with Gasteiger partial charge in [0.1, 0.15) is 0 Å². The van der Waals surface area contributed by atoms with Crippen LogP contribution in [0.3, 0.4) is 0 Å². The predicted molar refractivity (Wildman–Crippen MR) is 88.4 cm³/mol. The number of nitrogens with two attached hydrogens (primary N) is 1. The number of rotatable bonds is 10. The first-order valence-corrected chi connectivity index (χ1v) is 8.23. The molecular formula is C18H30N2O. The molecule has 1 aromatic carbocycles. The molecule has 3 nitrogen and oxygen atoms in total. The zero-order chi connectivity index (χ0) is 15.1. The lowest BCUT2D eigenvalue weighted by Crippen LogP contribution is -2.54. The van der Waals surface area contributed by atoms with E-state index in [0.717, 1.165) is 38.5 Å². The highest BCUT2D eigenvalue weighted by Crippen LogP contribution is 2.29. The van der Waals surface area contributed by atoms with Gasteiger partial charge in [0.15, 0.2) is 0 Å². The molecule has 118 valence electrons. The fourth-order valence-corrected chi connectivity index (χ4v) is 2.85. The summed E-state index contributed by atoms with van der Waals surface area (Å²) in [7, 11) is 2.18. The van der Waals surface area contributed by atoms with Crippen LogP contribution in [0, 0.1) is 5.92 Å². The van der Waals surface area contributed by atoms with Crippen LogP contribution in [0.25, 0.3) is 0 Å². The second kappa shape index (κ2) is 7.92. The Bertz CT molecular complexity index is 399. The molecular weight excluding hydrogens is 260 g/mol. The van der Waals surface area contributed by atoms with Gasteiger partial charge in [-0.2, -0.15) is 0 Å². The van der Waals surface area contributed by atoms with Crippen LogP contribution in [-0.4, -0.2) is 43.8 Å². The minimum absolute atomic E-state index is 0.0320. The molecule has 1 atom stereocenters. The lowest BCUT2D eigenvalue weighted by atomic mass is 9.86. The van der Waals surface area contributed by atoms with Crippen molar-refractivity contribution in [2.75, 3.05) is 33.4 Å². The monoisotopic (exact) mass is 290 g/mol. The Morgan fingerprint density at radius 3 is 2.57 bits per heavy atom. The summed E-state index contributed by atoms with van der Waals surface area (Å²) in [6.07, 6.45) is 4.76. The van der Waals surface area contributed by atoms with Crippen LogP contribution in [0.5, 0.6) is 0 Å². The van der Waals surface area contributed by atoms with Gasteiger partial charge in [-0.05, 0) is 44.2 Å². The highest BCUT2D eigenvalue weighted by molar-refractivity contribution is 5.18. The summed E-state index contributed by atoms with van der Waals surface area (Å²) in [6.45, 7) is 5.61. The number of benzene rings is 1. The molecule has 0 spiro atoms. The molecule has 2 N–H and O–H groups in total. The molecule has 0 heterocycles. The summed E-state index contributed by atoms with van der Waals surface area (Å²) in [6, 6.07) is 10.7. The van der Waals surface area contributed by atoms with E-state index in [1.54, 1.807) is 0 Å². The summed E-state index contributed by atoms with van der Waals surface area (Å²) in [5.74, 6) is 0.838. The Kier molecular flexibility index (Phi) is 6.22. The van der Waals surface area contributed by atoms with Crippen molar-refractivity contribution in [3.05, 3.63) is 35.9 Å². The van der Waals surface area contributed by atoms with E-state index in [0.29, 0.717) is 6.54 Å². The summed E-state index contributed by atoms with van der Waals surface area (Å²) < 4.78 is 5.78. The number of likely N-dealkylation sites (N-methyl/N-ethyl adjacent to an activating group) is 1. The van der Waals surface area contributed by atoms with Gasteiger partial charge in [0.05, 0.1) is 6.61 Å². The molecule has 1 fully saturated rings. The Morgan fingerprint density at radius 1 is 1.29 bits per heavy atom. The van der Waals surface area contributed by atoms with Crippen LogP contribution < -0.4 is 5.73 Å². The number of hydrogen-bond donors (Lipinski definition) is 1. The molecule has 0 radical (unpaired) electrons. The van der Waals surface area contributed by atoms with E-state index < -0.39 is 0 Å². The molecule has 1 aromatic rings. The summed E-state index contributed by atoms with van der Waals surface area (Å²) in [5.41, 5.74) is 7.54. The standard InChI is InChI=1S/C18H30N2O/c1-3-18(15-19,13-16-7-5-4-6-8-16)20(2)11-12-21-14-17-9-10-17/h4-8,17H,3,9-15,19H2,1-2H3. The van der Waals surface area contributed by atoms with Crippen molar-refractivity contribution in [1.29, 1.82) is 0 Å². The second-order valence-corrected chi connectivity index (χ2v) is 6.38. The van der Waals surface area contributed by atoms with Crippen molar-refractivity contribution in [2.24, 2.45) is 11.7 Å². The maximum Gasteiger partial charge on any atom is 0.0593 e. The SMILES string of the molecule is CCC(CN)(Cc1ccccc1)N(C)CCOCC1CC1. The van der Waals surface area contributed by atoms with E-state index in [4.69, 9.17) is 10.5 Å². The van der Waals surface area contributed by atoms with Crippen molar-refractivity contribution >= 4 is 0 Å². The van der Waals surface area contributed by atoms with Crippen LogP contribution in [0.4, 0.5) is 0 Å². The number of ether oxygens (including phenoxy) is 1. The molecule has 21 heavy (non-hydrogen) atoms. The van der Waals surface area contributed by atoms with Crippen molar-refractivity contribution in [1.82, 2.24) is 4.90 Å². The largest absolute Gasteiger partial charge is 0.380 e. The van der Waals surface area contributed by atoms with Gasteiger partial charge >= 0.3 is 0 Å². The Morgan fingerprint density at radius 2 is 2.00 bits per heavy atom. The van der Waals surface area contributed by atoms with Crippen LogP contribution in [0.1, 0.15) is 31.7 Å². The number of hydrogen-bond acceptors (Lipinski definition) is 3. The second-order valence-electron chi connectivity index (χ2n) is 6.38. The van der Waals surface area contributed by atoms with Gasteiger partial charge < -0.3 is 10.5 Å². The van der Waals surface area contributed by atoms with Gasteiger partial charge in [-0.15, -0.1) is 0 Å². The van der Waals surface area contributed by atoms with Crippen molar-refractivity contribution < 1.29 is 4.74 Å². The molecule has 1 aliphatic rings. The van der Waals surface area contributed by atoms with Gasteiger partial charge in [-0.25, -0.2) is 0 Å². The molecule has 0 bridgehead atoms. The summed E-state index contributed by atoms with van der Waals surface area (Å²) in [5, 5.41) is 0. The molecule has 1 aliphatic carbocycles. The van der Waals surface area contributed by atoms with Crippen LogP contribution in [-0.2, 0) is 11.2 Å². The third-order valence-electron chi connectivity index (χ3n) is 4.85. The number of nitrogens with zero attached hydrogens (tertiary/aromatic N) is 1. The minimum Gasteiger partial charge on any atom is -0.380 e. The topological polar surface area (TPSA) is 38.5 Å². The first kappa shape index (κ1) is 16.5. The average Bonchev–Trinajstić information content (AvgIpc) is 3.34. The first-order valence-electron chi connectivity index (χ1n) is 8.23. The zero-order valence-corrected chi connectivity index (χ0v) is 13.6. The maximum absolute atomic E-state index is 6.15. The van der Waals surface area contributed by atoms with E-state index >= 15 is 0 Å². The third-order valence-corrected chi connectivity index (χ3v) is 4.85. The van der Waals surface area contributed by atoms with Gasteiger partial charge in [-0.3, -0.25) is 4.90 Å². The van der Waals surface area contributed by atoms with Crippen LogP contribution >= 0.6 is 0 Å². The molecule has 1 saturated carbocycles. The third kappa shape index (κ3) is 4.80. The van der Waals surface area contributed by atoms with E-state index in [1.807, 2.05) is 0 Å². The molecule has 1 unspecified atom stereocenters. The van der Waals surface area contributed by atoms with Crippen molar-refractivity contribution in [3.63, 3.8) is 0 Å². The molecule has 0 aliphatic heterocycles. The van der Waals surface area contributed by atoms with Gasteiger partial charge in [0.25, 0.3) is 0 Å². The lowest BCUT2D eigenvalue weighted by Gasteiger charge is -2.41. The smallest absolute Gasteiger partial charge is 0.0593 e. The Balaban J connectivity index is 1.88. The van der Waals surface area contributed by atoms with E-state index in [1.165, 1.54) is 18.4 Å². The molecule has 2 rings (SSSR count). The Labute approximate surface area is 129 Å². The molecule has 3 heteroatoms. The van der Waals surface area contributed by atoms with Gasteiger partial charge in [-0.1, -0.05) is 37.3 Å². The first-order chi connectivity index (χ1) is 10.2. The van der Waals surface area contributed by atoms with Crippen molar-refractivity contribution in [2.45, 2.75) is 38.1 Å². The minimum atomic E-state index is 0.0320. The quantitative estimate of drug-likeness (QED) is 0.673.